The van der Waals surface area contributed by atoms with Crippen LogP contribution in [-0.2, 0) is 9.59 Å². The lowest BCUT2D eigenvalue weighted by Gasteiger charge is -2.35. The van der Waals surface area contributed by atoms with Gasteiger partial charge in [-0.2, -0.15) is 0 Å². The van der Waals surface area contributed by atoms with Crippen LogP contribution in [-0.4, -0.2) is 45.4 Å². The fourth-order valence-corrected chi connectivity index (χ4v) is 5.56. The Morgan fingerprint density at radius 2 is 1.88 bits per heavy atom. The summed E-state index contributed by atoms with van der Waals surface area (Å²) in [5.74, 6) is 0.455. The Balaban J connectivity index is 1.42. The van der Waals surface area contributed by atoms with Crippen LogP contribution in [0.2, 0.25) is 0 Å². The molecule has 1 saturated carbocycles. The van der Waals surface area contributed by atoms with Crippen LogP contribution < -0.4 is 5.32 Å². The van der Waals surface area contributed by atoms with Crippen molar-refractivity contribution in [1.82, 2.24) is 15.1 Å². The molecule has 2 aliphatic carbocycles. The predicted molar refractivity (Wildman–Crippen MR) is 129 cm³/mol. The Kier molecular flexibility index (Phi) is 5.28. The van der Waals surface area contributed by atoms with Gasteiger partial charge in [0.2, 0.25) is 5.91 Å². The number of carbonyl (C=O) groups excluding carboxylic acids is 2. The van der Waals surface area contributed by atoms with Gasteiger partial charge in [0, 0.05) is 11.5 Å². The maximum atomic E-state index is 13.5. The highest BCUT2D eigenvalue weighted by molar-refractivity contribution is 7.80. The van der Waals surface area contributed by atoms with E-state index in [1.807, 2.05) is 42.2 Å². The first-order valence-corrected chi connectivity index (χ1v) is 11.8. The smallest absolute Gasteiger partial charge is 0.252 e. The maximum Gasteiger partial charge on any atom is 0.252 e. The molecule has 5 rings (SSSR count). The average molecular weight is 448 g/mol. The molecule has 0 spiro atoms. The van der Waals surface area contributed by atoms with Gasteiger partial charge in [-0.15, -0.1) is 0 Å². The van der Waals surface area contributed by atoms with Gasteiger partial charge in [0.1, 0.15) is 6.04 Å². The number of nitrogens with zero attached hydrogens (tertiary/aromatic N) is 2. The third-order valence-electron chi connectivity index (χ3n) is 7.37. The number of thiocarbonyl (C=S) groups is 1. The summed E-state index contributed by atoms with van der Waals surface area (Å²) in [6.45, 7) is 6.54. The number of fused-ring (bicyclic) bond motifs is 1. The molecule has 32 heavy (non-hydrogen) atoms. The van der Waals surface area contributed by atoms with Crippen LogP contribution in [0.3, 0.4) is 0 Å². The maximum absolute atomic E-state index is 13.5. The SMILES string of the molecule is CC1=C(C)C2NC(=O)C(CN3C(=S)N([C@@H](C)c4ccccc4)C(=O)C3C3CC3)=CC2C=C1. The first kappa shape index (κ1) is 21.1. The van der Waals surface area contributed by atoms with Gasteiger partial charge >= 0.3 is 0 Å². The number of hydrogen-bond donors (Lipinski definition) is 1. The van der Waals surface area contributed by atoms with Crippen molar-refractivity contribution >= 4 is 29.1 Å². The van der Waals surface area contributed by atoms with Gasteiger partial charge < -0.3 is 10.2 Å². The summed E-state index contributed by atoms with van der Waals surface area (Å²) in [6, 6.07) is 9.59. The number of nitrogens with one attached hydrogen (secondary N) is 1. The van der Waals surface area contributed by atoms with Gasteiger partial charge in [-0.1, -0.05) is 54.1 Å². The van der Waals surface area contributed by atoms with Crippen LogP contribution in [0.1, 0.15) is 45.2 Å². The first-order valence-electron chi connectivity index (χ1n) is 11.4. The summed E-state index contributed by atoms with van der Waals surface area (Å²) >= 11 is 5.85. The zero-order valence-corrected chi connectivity index (χ0v) is 19.6. The Labute approximate surface area is 194 Å². The molecule has 0 radical (unpaired) electrons. The highest BCUT2D eigenvalue weighted by Crippen LogP contribution is 2.42. The fraction of sp³-hybridized carbons (Fsp3) is 0.423. The highest BCUT2D eigenvalue weighted by Gasteiger charge is 2.51. The molecule has 1 N–H and O–H groups in total. The average Bonchev–Trinajstić information content (AvgIpc) is 3.59. The molecule has 2 heterocycles. The van der Waals surface area contributed by atoms with E-state index in [0.717, 1.165) is 18.4 Å². The second kappa shape index (κ2) is 8.00. The summed E-state index contributed by atoms with van der Waals surface area (Å²) in [4.78, 5) is 30.3. The number of amides is 2. The molecule has 0 bridgehead atoms. The predicted octanol–water partition coefficient (Wildman–Crippen LogP) is 3.90. The molecule has 4 aliphatic rings. The number of hydrogen-bond acceptors (Lipinski definition) is 3. The van der Waals surface area contributed by atoms with Gasteiger partial charge in [-0.25, -0.2) is 0 Å². The minimum Gasteiger partial charge on any atom is -0.345 e. The van der Waals surface area contributed by atoms with Crippen LogP contribution in [0.25, 0.3) is 0 Å². The second-order valence-electron chi connectivity index (χ2n) is 9.43. The Morgan fingerprint density at radius 1 is 1.16 bits per heavy atom. The van der Waals surface area contributed by atoms with E-state index in [2.05, 4.69) is 37.4 Å². The van der Waals surface area contributed by atoms with Crippen LogP contribution in [0.15, 0.2) is 65.3 Å². The molecule has 5 nitrogen and oxygen atoms in total. The topological polar surface area (TPSA) is 52.7 Å². The van der Waals surface area contributed by atoms with Crippen molar-refractivity contribution in [2.45, 2.75) is 51.7 Å². The largest absolute Gasteiger partial charge is 0.345 e. The lowest BCUT2D eigenvalue weighted by Crippen LogP contribution is -2.48. The summed E-state index contributed by atoms with van der Waals surface area (Å²) in [5.41, 5.74) is 4.15. The van der Waals surface area contributed by atoms with Gasteiger partial charge in [0.15, 0.2) is 5.11 Å². The van der Waals surface area contributed by atoms with Gasteiger partial charge in [0.25, 0.3) is 5.91 Å². The Bertz CT molecular complexity index is 1070. The minimum atomic E-state index is -0.272. The molecule has 2 amide bonds. The van der Waals surface area contributed by atoms with E-state index in [0.29, 0.717) is 23.1 Å². The standard InChI is InChI=1S/C26H29N3O2S/c1-15-9-10-20-13-21(24(30)27-22(20)16(15)2)14-28-23(19-11-12-19)25(31)29(26(28)32)17(3)18-7-5-4-6-8-18/h4-10,13,17,19-20,22-23H,11-12,14H2,1-3H3,(H,27,30)/t17-,20?,22?,23?/m0/s1. The van der Waals surface area contributed by atoms with Crippen LogP contribution in [0.5, 0.6) is 0 Å². The molecule has 0 aromatic heterocycles. The first-order chi connectivity index (χ1) is 15.4. The van der Waals surface area contributed by atoms with E-state index in [4.69, 9.17) is 12.2 Å². The van der Waals surface area contributed by atoms with E-state index < -0.39 is 0 Å². The molecule has 1 aromatic carbocycles. The van der Waals surface area contributed by atoms with Gasteiger partial charge in [-0.3, -0.25) is 14.5 Å². The van der Waals surface area contributed by atoms with Gasteiger partial charge in [-0.05, 0) is 62.9 Å². The summed E-state index contributed by atoms with van der Waals surface area (Å²) in [5, 5.41) is 3.72. The lowest BCUT2D eigenvalue weighted by molar-refractivity contribution is -0.130. The third-order valence-corrected chi connectivity index (χ3v) is 7.80. The van der Waals surface area contributed by atoms with Crippen molar-refractivity contribution in [3.8, 4) is 0 Å². The van der Waals surface area contributed by atoms with Crippen LogP contribution >= 0.6 is 12.2 Å². The quantitative estimate of drug-likeness (QED) is 0.696. The number of rotatable bonds is 5. The van der Waals surface area contributed by atoms with Crippen LogP contribution in [0, 0.1) is 11.8 Å². The summed E-state index contributed by atoms with van der Waals surface area (Å²) < 4.78 is 0. The summed E-state index contributed by atoms with van der Waals surface area (Å²) in [7, 11) is 0. The molecule has 6 heteroatoms. The molecule has 2 fully saturated rings. The van der Waals surface area contributed by atoms with E-state index in [1.165, 1.54) is 11.1 Å². The molecule has 2 aliphatic heterocycles. The second-order valence-corrected chi connectivity index (χ2v) is 9.80. The molecule has 1 saturated heterocycles. The van der Waals surface area contributed by atoms with Crippen molar-refractivity contribution < 1.29 is 9.59 Å². The highest BCUT2D eigenvalue weighted by atomic mass is 32.1. The van der Waals surface area contributed by atoms with Gasteiger partial charge in [0.05, 0.1) is 18.6 Å². The number of carbonyl (C=O) groups is 2. The zero-order valence-electron chi connectivity index (χ0n) is 18.7. The van der Waals surface area contributed by atoms with Crippen LogP contribution in [0.4, 0.5) is 0 Å². The summed E-state index contributed by atoms with van der Waals surface area (Å²) in [6.07, 6.45) is 8.41. The minimum absolute atomic E-state index is 0.0113. The molecule has 3 unspecified atom stereocenters. The Morgan fingerprint density at radius 3 is 2.56 bits per heavy atom. The molecule has 4 atom stereocenters. The van der Waals surface area contributed by atoms with E-state index in [9.17, 15) is 9.59 Å². The molecular formula is C26H29N3O2S. The number of allylic oxidation sites excluding steroid dienone is 2. The van der Waals surface area contributed by atoms with Crippen molar-refractivity contribution in [3.63, 3.8) is 0 Å². The molecule has 1 aromatic rings. The fourth-order valence-electron chi connectivity index (χ4n) is 5.14. The monoisotopic (exact) mass is 447 g/mol. The zero-order chi connectivity index (χ0) is 22.6. The molecular weight excluding hydrogens is 418 g/mol. The van der Waals surface area contributed by atoms with Crippen molar-refractivity contribution in [3.05, 3.63) is 70.8 Å². The Hall–Kier alpha value is -2.73. The van der Waals surface area contributed by atoms with E-state index in [-0.39, 0.29) is 35.9 Å². The lowest BCUT2D eigenvalue weighted by atomic mass is 9.82. The van der Waals surface area contributed by atoms with Crippen molar-refractivity contribution in [1.29, 1.82) is 0 Å². The van der Waals surface area contributed by atoms with Crippen molar-refractivity contribution in [2.75, 3.05) is 6.54 Å². The van der Waals surface area contributed by atoms with Crippen molar-refractivity contribution in [2.24, 2.45) is 11.8 Å². The molecule has 166 valence electrons. The normalized spacial score (nSPS) is 28.7. The number of benzene rings is 1. The third kappa shape index (κ3) is 3.51. The van der Waals surface area contributed by atoms with E-state index in [1.54, 1.807) is 4.90 Å². The van der Waals surface area contributed by atoms with E-state index >= 15 is 0 Å².